The van der Waals surface area contributed by atoms with Crippen molar-refractivity contribution in [1.29, 1.82) is 0 Å². The van der Waals surface area contributed by atoms with E-state index >= 15 is 0 Å². The molecule has 0 unspecified atom stereocenters. The SMILES string of the molecule is CCCC[C@H](NC(=O)CN(CCN(C)C)C(=O)[C@H](Cc1cnc[nH]1)NC(=O)[C@H](CCC(N)=O)NC(=O)[C@H](CO)NC(=O)[C@H](CO)NC(=O)[C@H](CCC(N)=O)NC(=O)[C@@H](CO)NC(=O)CNC(=O)COCCOCCNC(=O)COCCOCCNC(=O)CCCCCCCCCCCCCCCc1nn[nH]n1)C(C)=O. The first-order valence-corrected chi connectivity index (χ1v) is 37.5. The number of H-pyrrole nitrogens is 2. The third-order valence-electron chi connectivity index (χ3n) is 16.8. The van der Waals surface area contributed by atoms with Crippen molar-refractivity contribution < 1.29 is 101 Å². The number of aromatic nitrogens is 6. The second-order valence-corrected chi connectivity index (χ2v) is 26.4. The maximum atomic E-state index is 14.4. The number of unbranched alkanes of at least 4 members (excludes halogenated alkanes) is 13. The van der Waals surface area contributed by atoms with Gasteiger partial charge in [0.15, 0.2) is 11.6 Å². The summed E-state index contributed by atoms with van der Waals surface area (Å²) in [6, 6.07) is -11.4. The minimum Gasteiger partial charge on any atom is -0.394 e. The van der Waals surface area contributed by atoms with Crippen LogP contribution >= 0.6 is 0 Å². The average Bonchev–Trinajstić information content (AvgIpc) is 1.21. The van der Waals surface area contributed by atoms with Gasteiger partial charge in [-0.3, -0.25) is 67.1 Å². The first-order chi connectivity index (χ1) is 52.8. The van der Waals surface area contributed by atoms with Crippen LogP contribution in [0.4, 0.5) is 0 Å². The number of carbonyl (C=O) groups excluding carboxylic acids is 14. The van der Waals surface area contributed by atoms with Gasteiger partial charge in [0.25, 0.3) is 0 Å². The van der Waals surface area contributed by atoms with E-state index < -0.39 is 172 Å². The molecule has 0 saturated heterocycles. The van der Waals surface area contributed by atoms with Crippen LogP contribution in [0.2, 0.25) is 0 Å². The second-order valence-electron chi connectivity index (χ2n) is 26.4. The molecular weight excluding hydrogens is 1440 g/mol. The van der Waals surface area contributed by atoms with Gasteiger partial charge in [0.05, 0.1) is 84.9 Å². The summed E-state index contributed by atoms with van der Waals surface area (Å²) in [5.74, 6) is -11.1. The number of ether oxygens (including phenoxy) is 4. The Morgan fingerprint density at radius 1 is 0.491 bits per heavy atom. The monoisotopic (exact) mass is 1560 g/mol. The molecule has 0 radical (unpaired) electrons. The van der Waals surface area contributed by atoms with E-state index in [0.29, 0.717) is 38.1 Å². The molecule has 0 saturated carbocycles. The Morgan fingerprint density at radius 2 is 0.945 bits per heavy atom. The molecule has 2 aromatic heterocycles. The van der Waals surface area contributed by atoms with Crippen molar-refractivity contribution in [3.8, 4) is 0 Å². The number of aliphatic hydroxyl groups is 3. The zero-order valence-corrected chi connectivity index (χ0v) is 64.0. The number of nitrogens with one attached hydrogen (secondary N) is 12. The molecule has 0 aromatic carbocycles. The van der Waals surface area contributed by atoms with Crippen molar-refractivity contribution in [2.24, 2.45) is 11.5 Å². The lowest BCUT2D eigenvalue weighted by atomic mass is 10.0. The largest absolute Gasteiger partial charge is 0.394 e. The van der Waals surface area contributed by atoms with E-state index in [0.717, 1.165) is 44.3 Å². The van der Waals surface area contributed by atoms with Crippen LogP contribution in [0, 0.1) is 0 Å². The Hall–Kier alpha value is -9.26. The maximum absolute atomic E-state index is 14.4. The summed E-state index contributed by atoms with van der Waals surface area (Å²) in [6.45, 7) is -0.670. The molecule has 2 aromatic rings. The van der Waals surface area contributed by atoms with E-state index in [9.17, 15) is 82.4 Å². The summed E-state index contributed by atoms with van der Waals surface area (Å²) >= 11 is 0. The normalized spacial score (nSPS) is 13.1. The fraction of sp³-hybridized carbons (Fsp3) is 0.739. The quantitative estimate of drug-likeness (QED) is 0.0275. The number of hydrogen-bond acceptors (Lipinski definition) is 26. The standard InChI is InChI=1S/C69H120N20O21/c1-5-6-20-49(47(2)93)77-61(98)40-89(30-29-88(3)4)69(106)52(37-48-38-72-46-76-48)81-64(101)50(23-25-56(70)94)80-67(104)54(42-91)83-68(105)55(43-92)82-65(102)51(24-26-57(71)95)79-66(103)53(41-90)78-60(97)39-75-63(100)45-110-36-34-108-32-28-74-62(99)44-109-35-33-107-31-27-73-59(96)22-19-17-15-13-11-9-7-8-10-12-14-16-18-21-58-84-86-87-85-58/h38,46,49-55,90-92H,5-37,39-45H2,1-4H3,(H2,70,94)(H2,71,95)(H,72,76)(H,73,96)(H,74,99)(H,75,100)(H,77,98)(H,78,97)(H,79,103)(H,80,104)(H,81,101)(H,82,102)(H,83,105)(H,84,85,86,87)/t49-,50-,51-,52-,53+,54-,55-/m0/s1. The number of tetrazole rings is 1. The number of aliphatic hydroxyl groups excluding tert-OH is 3. The van der Waals surface area contributed by atoms with Gasteiger partial charge in [0, 0.05) is 70.2 Å². The number of primary amides is 2. The fourth-order valence-corrected chi connectivity index (χ4v) is 10.6. The molecule has 0 aliphatic heterocycles. The molecule has 13 amide bonds. The number of aromatic amines is 2. The number of hydrogen-bond donors (Lipinski definition) is 17. The van der Waals surface area contributed by atoms with Gasteiger partial charge in [-0.05, 0) is 53.1 Å². The molecule has 0 bridgehead atoms. The van der Waals surface area contributed by atoms with Crippen molar-refractivity contribution in [3.63, 3.8) is 0 Å². The van der Waals surface area contributed by atoms with Crippen LogP contribution in [0.1, 0.15) is 160 Å². The zero-order chi connectivity index (χ0) is 81.3. The predicted octanol–water partition coefficient (Wildman–Crippen LogP) is -5.34. The van der Waals surface area contributed by atoms with Gasteiger partial charge < -0.3 is 114 Å². The number of Topliss-reactive ketones (excluding diaryl/α,β-unsaturated/α-hetero) is 1. The van der Waals surface area contributed by atoms with E-state index in [-0.39, 0.29) is 83.3 Å². The molecule has 110 heavy (non-hydrogen) atoms. The van der Waals surface area contributed by atoms with Crippen LogP contribution in [0.5, 0.6) is 0 Å². The number of nitrogens with zero attached hydrogens (tertiary/aromatic N) is 6. The van der Waals surface area contributed by atoms with Crippen molar-refractivity contribution in [2.45, 2.75) is 204 Å². The highest BCUT2D eigenvalue weighted by Gasteiger charge is 2.35. The minimum absolute atomic E-state index is 0.00996. The number of nitrogens with two attached hydrogens (primary N) is 2. The molecule has 41 nitrogen and oxygen atoms in total. The average molecular weight is 1570 g/mol. The van der Waals surface area contributed by atoms with E-state index in [1.165, 1.54) is 82.1 Å². The molecule has 0 fully saturated rings. The number of aryl methyl sites for hydroxylation is 1. The maximum Gasteiger partial charge on any atom is 0.246 e. The lowest BCUT2D eigenvalue weighted by Crippen LogP contribution is -2.61. The zero-order valence-electron chi connectivity index (χ0n) is 64.0. The number of imidazole rings is 1. The van der Waals surface area contributed by atoms with Gasteiger partial charge in [0.1, 0.15) is 49.5 Å². The fourth-order valence-electron chi connectivity index (χ4n) is 10.6. The smallest absolute Gasteiger partial charge is 0.246 e. The minimum atomic E-state index is -1.96. The number of carbonyl (C=O) groups is 14. The van der Waals surface area contributed by atoms with Gasteiger partial charge in [-0.2, -0.15) is 5.21 Å². The molecule has 2 heterocycles. The highest BCUT2D eigenvalue weighted by molar-refractivity contribution is 5.98. The molecule has 2 rings (SSSR count). The van der Waals surface area contributed by atoms with Gasteiger partial charge in [-0.1, -0.05) is 95.6 Å². The van der Waals surface area contributed by atoms with Crippen LogP contribution in [-0.4, -0.2) is 307 Å². The number of likely N-dealkylation sites (N-methyl/N-ethyl adjacent to an activating group) is 1. The third kappa shape index (κ3) is 46.3. The van der Waals surface area contributed by atoms with Gasteiger partial charge in [-0.25, -0.2) is 4.98 Å². The predicted molar refractivity (Wildman–Crippen MR) is 394 cm³/mol. The summed E-state index contributed by atoms with van der Waals surface area (Å²) in [7, 11) is 3.44. The van der Waals surface area contributed by atoms with Crippen molar-refractivity contribution in [1.82, 2.24) is 93.6 Å². The Bertz CT molecular complexity index is 3040. The topological polar surface area (TPSA) is 599 Å². The lowest BCUT2D eigenvalue weighted by molar-refractivity contribution is -0.141. The molecule has 41 heteroatoms. The molecule has 19 N–H and O–H groups in total. The number of amides is 13. The molecule has 622 valence electrons. The van der Waals surface area contributed by atoms with Crippen molar-refractivity contribution in [3.05, 3.63) is 24.0 Å². The highest BCUT2D eigenvalue weighted by Crippen LogP contribution is 2.15. The number of ketones is 1. The van der Waals surface area contributed by atoms with Crippen LogP contribution in [-0.2, 0) is 98.9 Å². The van der Waals surface area contributed by atoms with Crippen LogP contribution in [0.3, 0.4) is 0 Å². The summed E-state index contributed by atoms with van der Waals surface area (Å²) < 4.78 is 21.4. The highest BCUT2D eigenvalue weighted by atomic mass is 16.5. The van der Waals surface area contributed by atoms with Crippen LogP contribution in [0.15, 0.2) is 12.5 Å². The molecule has 0 aliphatic carbocycles. The van der Waals surface area contributed by atoms with E-state index in [4.69, 9.17) is 30.4 Å². The first kappa shape index (κ1) is 96.8. The lowest BCUT2D eigenvalue weighted by Gasteiger charge is -2.30. The van der Waals surface area contributed by atoms with E-state index in [2.05, 4.69) is 83.8 Å². The van der Waals surface area contributed by atoms with Gasteiger partial charge in [0.2, 0.25) is 76.8 Å². The summed E-state index contributed by atoms with van der Waals surface area (Å²) in [6.07, 6.45) is 18.7. The van der Waals surface area contributed by atoms with Crippen molar-refractivity contribution in [2.75, 3.05) is 126 Å². The van der Waals surface area contributed by atoms with E-state index in [1.54, 1.807) is 19.0 Å². The Balaban J connectivity index is 1.77. The molecule has 0 spiro atoms. The van der Waals surface area contributed by atoms with E-state index in [1.807, 2.05) is 6.92 Å². The Morgan fingerprint density at radius 3 is 1.41 bits per heavy atom. The summed E-state index contributed by atoms with van der Waals surface area (Å²) in [5, 5.41) is 68.5. The number of rotatable bonds is 67. The Labute approximate surface area is 640 Å². The van der Waals surface area contributed by atoms with Crippen molar-refractivity contribution >= 4 is 82.6 Å². The Kier molecular flexibility index (Phi) is 52.5. The van der Waals surface area contributed by atoms with Gasteiger partial charge >= 0.3 is 0 Å². The molecule has 7 atom stereocenters. The summed E-state index contributed by atoms with van der Waals surface area (Å²) in [5.41, 5.74) is 11.1. The molecule has 0 aliphatic rings. The first-order valence-electron chi connectivity index (χ1n) is 37.5. The van der Waals surface area contributed by atoms with Crippen LogP contribution in [0.25, 0.3) is 0 Å². The second kappa shape index (κ2) is 59.6. The summed E-state index contributed by atoms with van der Waals surface area (Å²) in [4.78, 5) is 192. The third-order valence-corrected chi connectivity index (χ3v) is 16.8. The van der Waals surface area contributed by atoms with Crippen LogP contribution < -0.4 is 64.6 Å². The molecular formula is C69H120N20O21. The van der Waals surface area contributed by atoms with Gasteiger partial charge in [-0.15, -0.1) is 10.2 Å².